The predicted octanol–water partition coefficient (Wildman–Crippen LogP) is 4.00. The molecule has 2 fully saturated rings. The van der Waals surface area contributed by atoms with Crippen molar-refractivity contribution in [2.75, 3.05) is 24.6 Å². The standard InChI is InChI=1S/C28H32FN7O/c1-4-20-25-21(14-31-26(20)24-17(2)6-5-7-22(24)29)27(36-15-18-8-9-19(16-36)32-18)34-28(33-25)37-13-10-23-30-11-12-35(23)3/h5-7,11-12,14,18-19,32H,4,8-10,13,15-16H2,1-3H3. The molecule has 2 unspecified atom stereocenters. The van der Waals surface area contributed by atoms with Crippen LogP contribution < -0.4 is 15.0 Å². The number of anilines is 1. The van der Waals surface area contributed by atoms with Crippen molar-refractivity contribution < 1.29 is 9.13 Å². The monoisotopic (exact) mass is 501 g/mol. The second kappa shape index (κ2) is 9.70. The average Bonchev–Trinajstić information content (AvgIpc) is 3.46. The molecule has 2 atom stereocenters. The molecule has 0 amide bonds. The summed E-state index contributed by atoms with van der Waals surface area (Å²) < 4.78 is 23.1. The summed E-state index contributed by atoms with van der Waals surface area (Å²) in [6.45, 7) is 6.15. The molecule has 9 heteroatoms. The van der Waals surface area contributed by atoms with E-state index in [4.69, 9.17) is 19.7 Å². The van der Waals surface area contributed by atoms with Crippen molar-refractivity contribution in [2.45, 2.75) is 51.6 Å². The van der Waals surface area contributed by atoms with E-state index in [0.717, 1.165) is 46.8 Å². The number of halogens is 1. The van der Waals surface area contributed by atoms with Crippen molar-refractivity contribution in [2.24, 2.45) is 7.05 Å². The molecular weight excluding hydrogens is 469 g/mol. The zero-order valence-corrected chi connectivity index (χ0v) is 21.5. The molecule has 3 aromatic heterocycles. The van der Waals surface area contributed by atoms with Crippen molar-refractivity contribution in [3.63, 3.8) is 0 Å². The van der Waals surface area contributed by atoms with Crippen molar-refractivity contribution in [3.8, 4) is 17.3 Å². The lowest BCUT2D eigenvalue weighted by atomic mass is 9.97. The van der Waals surface area contributed by atoms with E-state index >= 15 is 4.39 Å². The Morgan fingerprint density at radius 2 is 1.95 bits per heavy atom. The number of nitrogens with zero attached hydrogens (tertiary/aromatic N) is 6. The first-order valence-corrected chi connectivity index (χ1v) is 13.1. The van der Waals surface area contributed by atoms with Gasteiger partial charge < -0.3 is 19.5 Å². The molecule has 2 aliphatic rings. The number of pyridine rings is 1. The molecule has 0 aliphatic carbocycles. The van der Waals surface area contributed by atoms with Crippen LogP contribution in [0.4, 0.5) is 10.2 Å². The van der Waals surface area contributed by atoms with E-state index in [2.05, 4.69) is 22.1 Å². The summed E-state index contributed by atoms with van der Waals surface area (Å²) >= 11 is 0. The number of hydrogen-bond acceptors (Lipinski definition) is 7. The number of piperazine rings is 1. The van der Waals surface area contributed by atoms with Crippen molar-refractivity contribution >= 4 is 16.7 Å². The fourth-order valence-electron chi connectivity index (χ4n) is 5.73. The van der Waals surface area contributed by atoms with Gasteiger partial charge in [0.25, 0.3) is 0 Å². The van der Waals surface area contributed by atoms with E-state index in [1.807, 2.05) is 37.0 Å². The lowest BCUT2D eigenvalue weighted by molar-refractivity contribution is 0.293. The topological polar surface area (TPSA) is 81.0 Å². The van der Waals surface area contributed by atoms with E-state index < -0.39 is 0 Å². The Morgan fingerprint density at radius 3 is 2.65 bits per heavy atom. The fourth-order valence-corrected chi connectivity index (χ4v) is 5.73. The molecule has 5 heterocycles. The van der Waals surface area contributed by atoms with Gasteiger partial charge in [-0.3, -0.25) is 4.98 Å². The summed E-state index contributed by atoms with van der Waals surface area (Å²) in [5, 5.41) is 4.57. The van der Waals surface area contributed by atoms with Gasteiger partial charge in [0.05, 0.1) is 23.2 Å². The average molecular weight is 502 g/mol. The van der Waals surface area contributed by atoms with Crippen LogP contribution in [0.1, 0.15) is 36.7 Å². The van der Waals surface area contributed by atoms with Gasteiger partial charge in [0.1, 0.15) is 17.5 Å². The van der Waals surface area contributed by atoms with Crippen molar-refractivity contribution in [1.82, 2.24) is 29.8 Å². The molecule has 37 heavy (non-hydrogen) atoms. The Hall–Kier alpha value is -3.59. The van der Waals surface area contributed by atoms with Crippen LogP contribution in [-0.2, 0) is 19.9 Å². The van der Waals surface area contributed by atoms with Crippen LogP contribution in [0.25, 0.3) is 22.2 Å². The van der Waals surface area contributed by atoms with Crippen LogP contribution >= 0.6 is 0 Å². The smallest absolute Gasteiger partial charge is 0.318 e. The van der Waals surface area contributed by atoms with E-state index in [1.165, 1.54) is 18.9 Å². The molecule has 4 aromatic rings. The minimum atomic E-state index is -0.277. The molecule has 6 rings (SSSR count). The van der Waals surface area contributed by atoms with Gasteiger partial charge in [0, 0.05) is 68.4 Å². The zero-order valence-electron chi connectivity index (χ0n) is 21.5. The fraction of sp³-hybridized carbons (Fsp3) is 0.429. The van der Waals surface area contributed by atoms with Crippen LogP contribution in [0.2, 0.25) is 0 Å². The first kappa shape index (κ1) is 23.8. The maximum Gasteiger partial charge on any atom is 0.318 e. The third-order valence-corrected chi connectivity index (χ3v) is 7.61. The maximum absolute atomic E-state index is 15.0. The summed E-state index contributed by atoms with van der Waals surface area (Å²) in [6.07, 6.45) is 9.17. The molecule has 2 saturated heterocycles. The molecule has 0 spiro atoms. The van der Waals surface area contributed by atoms with Crippen LogP contribution in [0.15, 0.2) is 36.8 Å². The van der Waals surface area contributed by atoms with Crippen molar-refractivity contribution in [1.29, 1.82) is 0 Å². The highest BCUT2D eigenvalue weighted by atomic mass is 19.1. The van der Waals surface area contributed by atoms with Crippen LogP contribution in [-0.4, -0.2) is 56.3 Å². The number of ether oxygens (including phenoxy) is 1. The minimum absolute atomic E-state index is 0.277. The molecule has 1 aromatic carbocycles. The summed E-state index contributed by atoms with van der Waals surface area (Å²) in [6, 6.07) is 6.37. The van der Waals surface area contributed by atoms with Gasteiger partial charge >= 0.3 is 6.01 Å². The van der Waals surface area contributed by atoms with Gasteiger partial charge in [0.2, 0.25) is 0 Å². The summed E-state index contributed by atoms with van der Waals surface area (Å²) in [7, 11) is 1.97. The van der Waals surface area contributed by atoms with E-state index in [0.29, 0.717) is 48.8 Å². The summed E-state index contributed by atoms with van der Waals surface area (Å²) in [5.41, 5.74) is 3.69. The molecule has 192 valence electrons. The normalized spacial score (nSPS) is 19.1. The highest BCUT2D eigenvalue weighted by Crippen LogP contribution is 2.36. The molecule has 0 radical (unpaired) electrons. The third-order valence-electron chi connectivity index (χ3n) is 7.61. The molecule has 2 aliphatic heterocycles. The second-order valence-electron chi connectivity index (χ2n) is 10.1. The third kappa shape index (κ3) is 4.41. The second-order valence-corrected chi connectivity index (χ2v) is 10.1. The zero-order chi connectivity index (χ0) is 25.5. The quantitative estimate of drug-likeness (QED) is 0.410. The molecular formula is C28H32FN7O. The van der Waals surface area contributed by atoms with Gasteiger partial charge in [-0.25, -0.2) is 9.37 Å². The van der Waals surface area contributed by atoms with Crippen LogP contribution in [0.5, 0.6) is 6.01 Å². The number of aromatic nitrogens is 5. The number of nitrogens with one attached hydrogen (secondary N) is 1. The molecule has 0 saturated carbocycles. The first-order valence-electron chi connectivity index (χ1n) is 13.1. The van der Waals surface area contributed by atoms with E-state index in [1.54, 1.807) is 12.3 Å². The Balaban J connectivity index is 1.45. The number of rotatable bonds is 7. The lowest BCUT2D eigenvalue weighted by Gasteiger charge is -2.34. The van der Waals surface area contributed by atoms with Crippen LogP contribution in [0.3, 0.4) is 0 Å². The van der Waals surface area contributed by atoms with Gasteiger partial charge in [-0.05, 0) is 37.8 Å². The van der Waals surface area contributed by atoms with Gasteiger partial charge in [0.15, 0.2) is 0 Å². The Bertz CT molecular complexity index is 1420. The highest BCUT2D eigenvalue weighted by molar-refractivity contribution is 5.94. The molecule has 2 bridgehead atoms. The van der Waals surface area contributed by atoms with Gasteiger partial charge in [-0.15, -0.1) is 0 Å². The first-order chi connectivity index (χ1) is 18.0. The Kier molecular flexibility index (Phi) is 6.24. The van der Waals surface area contributed by atoms with Crippen molar-refractivity contribution in [3.05, 3.63) is 59.6 Å². The Morgan fingerprint density at radius 1 is 1.14 bits per heavy atom. The number of fused-ring (bicyclic) bond motifs is 3. The predicted molar refractivity (Wildman–Crippen MR) is 141 cm³/mol. The van der Waals surface area contributed by atoms with Crippen LogP contribution in [0, 0.1) is 12.7 Å². The summed E-state index contributed by atoms with van der Waals surface area (Å²) in [5.74, 6) is 1.51. The minimum Gasteiger partial charge on any atom is -0.463 e. The number of imidazole rings is 1. The number of benzene rings is 1. The largest absolute Gasteiger partial charge is 0.463 e. The highest BCUT2D eigenvalue weighted by Gasteiger charge is 2.34. The summed E-state index contributed by atoms with van der Waals surface area (Å²) in [4.78, 5) is 21.3. The van der Waals surface area contributed by atoms with Gasteiger partial charge in [-0.2, -0.15) is 9.97 Å². The van der Waals surface area contributed by atoms with Gasteiger partial charge in [-0.1, -0.05) is 19.1 Å². The van der Waals surface area contributed by atoms with E-state index in [9.17, 15) is 0 Å². The lowest BCUT2D eigenvalue weighted by Crippen LogP contribution is -2.51. The molecule has 1 N–H and O–H groups in total. The SMILES string of the molecule is CCc1c(-c2c(C)cccc2F)ncc2c(N3CC4CCC(C3)N4)nc(OCCc3nccn3C)nc12. The molecule has 8 nitrogen and oxygen atoms in total. The number of hydrogen-bond donors (Lipinski definition) is 1. The Labute approximate surface area is 215 Å². The number of aryl methyl sites for hydroxylation is 3. The maximum atomic E-state index is 15.0. The van der Waals surface area contributed by atoms with E-state index in [-0.39, 0.29) is 5.82 Å².